The molecule has 2 amide bonds. The minimum absolute atomic E-state index is 0.0844. The van der Waals surface area contributed by atoms with E-state index in [0.29, 0.717) is 0 Å². The van der Waals surface area contributed by atoms with Crippen LogP contribution in [0.2, 0.25) is 0 Å². The van der Waals surface area contributed by atoms with Gasteiger partial charge >= 0.3 is 6.03 Å². The van der Waals surface area contributed by atoms with E-state index < -0.39 is 12.0 Å². The van der Waals surface area contributed by atoms with Gasteiger partial charge in [0.25, 0.3) is 0 Å². The van der Waals surface area contributed by atoms with Gasteiger partial charge in [-0.3, -0.25) is 0 Å². The summed E-state index contributed by atoms with van der Waals surface area (Å²) >= 11 is 0. The Labute approximate surface area is 57.5 Å². The maximum Gasteiger partial charge on any atom is 0.316 e. The van der Waals surface area contributed by atoms with Crippen molar-refractivity contribution in [2.45, 2.75) is 6.92 Å². The van der Waals surface area contributed by atoms with Crippen LogP contribution in [-0.2, 0) is 4.79 Å². The topological polar surface area (TPSA) is 95.2 Å². The first-order valence-electron chi connectivity index (χ1n) is 2.48. The Balaban J connectivity index is 3.92. The Morgan fingerprint density at radius 1 is 1.60 bits per heavy atom. The Kier molecular flexibility index (Phi) is 2.96. The van der Waals surface area contributed by atoms with E-state index in [2.05, 4.69) is 5.73 Å². The second-order valence-electron chi connectivity index (χ2n) is 1.62. The third kappa shape index (κ3) is 3.48. The van der Waals surface area contributed by atoms with Crippen LogP contribution in [0, 0.1) is 0 Å². The number of hydrogen-bond donors (Lipinski definition) is 2. The summed E-state index contributed by atoms with van der Waals surface area (Å²) in [6, 6.07) is -0.805. The molecule has 0 aromatic carbocycles. The highest BCUT2D eigenvalue weighted by molar-refractivity contribution is 5.84. The molecule has 0 bridgehead atoms. The molecule has 0 atom stereocenters. The summed E-state index contributed by atoms with van der Waals surface area (Å²) in [5.41, 5.74) is 4.55. The molecule has 0 aliphatic rings. The van der Waals surface area contributed by atoms with E-state index in [1.165, 1.54) is 6.92 Å². The average Bonchev–Trinajstić information content (AvgIpc) is 1.82. The lowest BCUT2D eigenvalue weighted by atomic mass is 10.3. The number of primary amides is 1. The second kappa shape index (κ2) is 3.49. The molecule has 0 aliphatic carbocycles. The number of carboxylic acids is 1. The number of nitrogens with one attached hydrogen (secondary N) is 1. The van der Waals surface area contributed by atoms with E-state index in [-0.39, 0.29) is 5.57 Å². The van der Waals surface area contributed by atoms with Crippen molar-refractivity contribution in [2.75, 3.05) is 0 Å². The summed E-state index contributed by atoms with van der Waals surface area (Å²) in [4.78, 5) is 19.9. The van der Waals surface area contributed by atoms with Crippen molar-refractivity contribution in [2.24, 2.45) is 5.73 Å². The molecule has 0 aromatic heterocycles. The van der Waals surface area contributed by atoms with E-state index >= 15 is 0 Å². The summed E-state index contributed by atoms with van der Waals surface area (Å²) in [6.07, 6.45) is 0.970. The number of carbonyl (C=O) groups is 2. The standard InChI is InChI=1S/C5H8N2O3/c1-3(4(8)9)2-7-5(6)10/h2H,1H3,(H,8,9)(H3,6,7,10)/p-1/b3-2-. The molecule has 0 aliphatic heterocycles. The van der Waals surface area contributed by atoms with Gasteiger partial charge in [-0.2, -0.15) is 0 Å². The summed E-state index contributed by atoms with van der Waals surface area (Å²) in [5.74, 6) is -1.34. The van der Waals surface area contributed by atoms with Gasteiger partial charge in [-0.15, -0.1) is 0 Å². The summed E-state index contributed by atoms with van der Waals surface area (Å²) < 4.78 is 0. The lowest BCUT2D eigenvalue weighted by molar-refractivity contribution is -0.299. The zero-order valence-corrected chi connectivity index (χ0v) is 5.38. The van der Waals surface area contributed by atoms with Gasteiger partial charge in [0, 0.05) is 6.20 Å². The van der Waals surface area contributed by atoms with Crippen molar-refractivity contribution >= 4 is 12.0 Å². The Bertz CT molecular complexity index is 185. The summed E-state index contributed by atoms with van der Waals surface area (Å²) in [6.45, 7) is 1.28. The SMILES string of the molecule is C/C(=C/NC(N)=O)C(=O)[O-]. The van der Waals surface area contributed by atoms with Crippen molar-refractivity contribution in [3.8, 4) is 0 Å². The Morgan fingerprint density at radius 3 is 2.40 bits per heavy atom. The van der Waals surface area contributed by atoms with Gasteiger partial charge in [0.15, 0.2) is 0 Å². The number of aliphatic carboxylic acids is 1. The molecular weight excluding hydrogens is 136 g/mol. The van der Waals surface area contributed by atoms with Gasteiger partial charge in [0.2, 0.25) is 0 Å². The van der Waals surface area contributed by atoms with E-state index in [0.717, 1.165) is 6.20 Å². The van der Waals surface area contributed by atoms with Gasteiger partial charge in [0.05, 0.1) is 5.97 Å². The van der Waals surface area contributed by atoms with Crippen LogP contribution in [0.4, 0.5) is 4.79 Å². The fourth-order valence-electron chi connectivity index (χ4n) is 0.238. The maximum atomic E-state index is 9.98. The van der Waals surface area contributed by atoms with Crippen molar-refractivity contribution in [3.05, 3.63) is 11.8 Å². The first kappa shape index (κ1) is 8.48. The molecule has 5 heteroatoms. The average molecular weight is 143 g/mol. The second-order valence-corrected chi connectivity index (χ2v) is 1.62. The molecule has 0 saturated heterocycles. The first-order chi connectivity index (χ1) is 4.54. The monoisotopic (exact) mass is 143 g/mol. The van der Waals surface area contributed by atoms with Crippen molar-refractivity contribution in [1.29, 1.82) is 0 Å². The molecule has 0 radical (unpaired) electrons. The predicted molar refractivity (Wildman–Crippen MR) is 31.5 cm³/mol. The highest BCUT2D eigenvalue weighted by atomic mass is 16.4. The van der Waals surface area contributed by atoms with Gasteiger partial charge in [-0.1, -0.05) is 0 Å². The number of amides is 2. The van der Waals surface area contributed by atoms with E-state index in [1.54, 1.807) is 0 Å². The summed E-state index contributed by atoms with van der Waals surface area (Å²) in [7, 11) is 0. The molecule has 0 heterocycles. The fraction of sp³-hybridized carbons (Fsp3) is 0.200. The molecule has 56 valence electrons. The molecule has 5 nitrogen and oxygen atoms in total. The number of carboxylic acid groups (broad SMARTS) is 1. The Morgan fingerprint density at radius 2 is 2.10 bits per heavy atom. The largest absolute Gasteiger partial charge is 0.545 e. The Hall–Kier alpha value is -1.52. The van der Waals surface area contributed by atoms with Crippen LogP contribution in [0.3, 0.4) is 0 Å². The highest BCUT2D eigenvalue weighted by Crippen LogP contribution is 1.84. The molecule has 0 unspecified atom stereocenters. The smallest absolute Gasteiger partial charge is 0.316 e. The van der Waals surface area contributed by atoms with E-state index in [1.807, 2.05) is 5.32 Å². The molecular formula is C5H7N2O3-. The van der Waals surface area contributed by atoms with E-state index in [4.69, 9.17) is 0 Å². The fourth-order valence-corrected chi connectivity index (χ4v) is 0.238. The van der Waals surface area contributed by atoms with E-state index in [9.17, 15) is 14.7 Å². The predicted octanol–water partition coefficient (Wildman–Crippen LogP) is -1.69. The first-order valence-corrected chi connectivity index (χ1v) is 2.48. The van der Waals surface area contributed by atoms with Crippen LogP contribution in [-0.4, -0.2) is 12.0 Å². The molecule has 0 saturated carbocycles. The lowest BCUT2D eigenvalue weighted by Gasteiger charge is -2.00. The van der Waals surface area contributed by atoms with Gasteiger partial charge in [0.1, 0.15) is 0 Å². The van der Waals surface area contributed by atoms with Crippen LogP contribution in [0.5, 0.6) is 0 Å². The molecule has 0 spiro atoms. The number of nitrogens with two attached hydrogens (primary N) is 1. The maximum absolute atomic E-state index is 9.98. The van der Waals surface area contributed by atoms with Gasteiger partial charge < -0.3 is 21.0 Å². The van der Waals surface area contributed by atoms with Crippen molar-refractivity contribution in [3.63, 3.8) is 0 Å². The number of carbonyl (C=O) groups excluding carboxylic acids is 2. The summed E-state index contributed by atoms with van der Waals surface area (Å²) in [5, 5.41) is 11.9. The zero-order valence-electron chi connectivity index (χ0n) is 5.38. The van der Waals surface area contributed by atoms with Crippen LogP contribution < -0.4 is 16.2 Å². The molecule has 0 aromatic rings. The zero-order chi connectivity index (χ0) is 8.15. The van der Waals surface area contributed by atoms with Crippen molar-refractivity contribution < 1.29 is 14.7 Å². The van der Waals surface area contributed by atoms with Crippen LogP contribution in [0.1, 0.15) is 6.92 Å². The minimum Gasteiger partial charge on any atom is -0.545 e. The number of urea groups is 1. The minimum atomic E-state index is -1.34. The van der Waals surface area contributed by atoms with Crippen LogP contribution in [0.25, 0.3) is 0 Å². The van der Waals surface area contributed by atoms with Crippen molar-refractivity contribution in [1.82, 2.24) is 5.32 Å². The third-order valence-corrected chi connectivity index (χ3v) is 0.753. The van der Waals surface area contributed by atoms with Gasteiger partial charge in [-0.25, -0.2) is 4.79 Å². The van der Waals surface area contributed by atoms with Crippen LogP contribution in [0.15, 0.2) is 11.8 Å². The quantitative estimate of drug-likeness (QED) is 0.451. The highest BCUT2D eigenvalue weighted by Gasteiger charge is 1.89. The molecule has 0 rings (SSSR count). The molecule has 3 N–H and O–H groups in total. The molecule has 10 heavy (non-hydrogen) atoms. The molecule has 0 fully saturated rings. The van der Waals surface area contributed by atoms with Crippen LogP contribution >= 0.6 is 0 Å². The number of rotatable bonds is 2. The third-order valence-electron chi connectivity index (χ3n) is 0.753. The lowest BCUT2D eigenvalue weighted by Crippen LogP contribution is -2.28. The number of hydrogen-bond acceptors (Lipinski definition) is 3. The normalized spacial score (nSPS) is 10.7. The van der Waals surface area contributed by atoms with Gasteiger partial charge in [-0.05, 0) is 12.5 Å².